The second-order valence-electron chi connectivity index (χ2n) is 3.60. The molecule has 0 aromatic heterocycles. The number of benzene rings is 2. The number of phenols is 2. The first kappa shape index (κ1) is 18.2. The number of carbonyl (C=O) groups is 1. The van der Waals surface area contributed by atoms with Gasteiger partial charge in [0.15, 0.2) is 12.0 Å². The van der Waals surface area contributed by atoms with Gasteiger partial charge in [-0.05, 0) is 12.1 Å². The summed E-state index contributed by atoms with van der Waals surface area (Å²) in [6.45, 7) is 0. The number of aromatic hydroxyl groups is 2. The Morgan fingerprint density at radius 2 is 1.19 bits per heavy atom. The molecule has 0 aliphatic carbocycles. The number of hydrogen-bond acceptors (Lipinski definition) is 3. The predicted octanol–water partition coefficient (Wildman–Crippen LogP) is 5.86. The van der Waals surface area contributed by atoms with Crippen LogP contribution in [-0.4, -0.2) is 16.5 Å². The van der Waals surface area contributed by atoms with Gasteiger partial charge in [-0.3, -0.25) is 4.79 Å². The average molecular weight is 388 g/mol. The lowest BCUT2D eigenvalue weighted by molar-refractivity contribution is 0.112. The molecule has 8 heteroatoms. The van der Waals surface area contributed by atoms with E-state index in [1.54, 1.807) is 18.2 Å². The molecule has 0 saturated heterocycles. The van der Waals surface area contributed by atoms with Crippen LogP contribution in [0.1, 0.15) is 10.4 Å². The van der Waals surface area contributed by atoms with E-state index in [9.17, 15) is 9.90 Å². The third-order valence-corrected chi connectivity index (χ3v) is 4.51. The summed E-state index contributed by atoms with van der Waals surface area (Å²) < 4.78 is 0. The van der Waals surface area contributed by atoms with Crippen LogP contribution in [0, 0.1) is 0 Å². The highest BCUT2D eigenvalue weighted by molar-refractivity contribution is 6.55. The van der Waals surface area contributed by atoms with Crippen molar-refractivity contribution >= 4 is 64.3 Å². The molecule has 0 radical (unpaired) electrons. The van der Waals surface area contributed by atoms with Crippen LogP contribution in [0.4, 0.5) is 0 Å². The molecule has 0 bridgehead atoms. The van der Waals surface area contributed by atoms with Gasteiger partial charge in [0.2, 0.25) is 0 Å². The standard InChI is InChI=1S/C7H6O2.C6HCl5O/c8-5-6-3-1-2-4-7(6)9;7-1-2(8)4(10)6(12)5(11)3(1)9/h1-5,9H;12H. The van der Waals surface area contributed by atoms with E-state index in [1.807, 2.05) is 0 Å². The summed E-state index contributed by atoms with van der Waals surface area (Å²) in [6, 6.07) is 6.40. The highest BCUT2D eigenvalue weighted by Crippen LogP contribution is 2.47. The molecule has 0 unspecified atom stereocenters. The maximum atomic E-state index is 10.1. The van der Waals surface area contributed by atoms with Crippen molar-refractivity contribution in [3.05, 3.63) is 54.9 Å². The minimum absolute atomic E-state index is 0.00904. The van der Waals surface area contributed by atoms with Gasteiger partial charge in [0.05, 0.1) is 20.6 Å². The van der Waals surface area contributed by atoms with E-state index in [1.165, 1.54) is 6.07 Å². The van der Waals surface area contributed by atoms with Gasteiger partial charge in [0, 0.05) is 0 Å². The Kier molecular flexibility index (Phi) is 6.91. The van der Waals surface area contributed by atoms with Gasteiger partial charge in [0.25, 0.3) is 0 Å². The number of aldehydes is 1. The lowest BCUT2D eigenvalue weighted by Gasteiger charge is -2.06. The zero-order chi connectivity index (χ0) is 16.2. The molecular weight excluding hydrogens is 381 g/mol. The molecule has 0 spiro atoms. The molecule has 112 valence electrons. The van der Waals surface area contributed by atoms with Crippen LogP contribution in [-0.2, 0) is 0 Å². The number of rotatable bonds is 1. The second-order valence-corrected chi connectivity index (χ2v) is 5.49. The van der Waals surface area contributed by atoms with Crippen LogP contribution in [0.2, 0.25) is 25.1 Å². The Hall–Kier alpha value is -0.840. The van der Waals surface area contributed by atoms with E-state index in [4.69, 9.17) is 63.1 Å². The summed E-state index contributed by atoms with van der Waals surface area (Å²) in [7, 11) is 0. The van der Waals surface area contributed by atoms with Crippen LogP contribution in [0.25, 0.3) is 0 Å². The predicted molar refractivity (Wildman–Crippen MR) is 86.7 cm³/mol. The topological polar surface area (TPSA) is 57.5 Å². The SMILES string of the molecule is O=Cc1ccccc1O.Oc1c(Cl)c(Cl)c(Cl)c(Cl)c1Cl. The summed E-state index contributed by atoms with van der Waals surface area (Å²) in [6.07, 6.45) is 0.620. The van der Waals surface area contributed by atoms with Crippen LogP contribution in [0.15, 0.2) is 24.3 Å². The number of carbonyl (C=O) groups excluding carboxylic acids is 1. The van der Waals surface area contributed by atoms with Gasteiger partial charge in [0.1, 0.15) is 15.8 Å². The minimum Gasteiger partial charge on any atom is -0.507 e. The van der Waals surface area contributed by atoms with Crippen molar-refractivity contribution in [1.82, 2.24) is 0 Å². The fourth-order valence-corrected chi connectivity index (χ4v) is 2.31. The Bertz CT molecular complexity index is 568. The van der Waals surface area contributed by atoms with Gasteiger partial charge in [-0.2, -0.15) is 0 Å². The van der Waals surface area contributed by atoms with Crippen molar-refractivity contribution in [2.75, 3.05) is 0 Å². The van der Waals surface area contributed by atoms with Crippen LogP contribution in [0.5, 0.6) is 11.5 Å². The Morgan fingerprint density at radius 3 is 1.57 bits per heavy atom. The quantitative estimate of drug-likeness (QED) is 0.365. The van der Waals surface area contributed by atoms with Gasteiger partial charge >= 0.3 is 0 Å². The molecule has 0 fully saturated rings. The van der Waals surface area contributed by atoms with E-state index >= 15 is 0 Å². The fraction of sp³-hybridized carbons (Fsp3) is 0. The van der Waals surface area contributed by atoms with E-state index in [2.05, 4.69) is 0 Å². The maximum absolute atomic E-state index is 10.1. The molecule has 2 aromatic carbocycles. The average Bonchev–Trinajstić information content (AvgIpc) is 2.50. The Labute approximate surface area is 145 Å². The van der Waals surface area contributed by atoms with Crippen LogP contribution in [0.3, 0.4) is 0 Å². The van der Waals surface area contributed by atoms with E-state index < -0.39 is 0 Å². The molecule has 0 atom stereocenters. The van der Waals surface area contributed by atoms with Crippen molar-refractivity contribution in [2.24, 2.45) is 0 Å². The van der Waals surface area contributed by atoms with Crippen LogP contribution >= 0.6 is 58.0 Å². The number of halogens is 5. The monoisotopic (exact) mass is 386 g/mol. The molecule has 0 heterocycles. The first-order chi connectivity index (χ1) is 9.81. The number of phenolic OH excluding ortho intramolecular Hbond substituents is 2. The highest BCUT2D eigenvalue weighted by atomic mass is 35.5. The normalized spacial score (nSPS) is 9.76. The molecule has 3 nitrogen and oxygen atoms in total. The van der Waals surface area contributed by atoms with Gasteiger partial charge in [-0.25, -0.2) is 0 Å². The lowest BCUT2D eigenvalue weighted by atomic mass is 10.2. The maximum Gasteiger partial charge on any atom is 0.155 e. The molecule has 0 saturated carbocycles. The smallest absolute Gasteiger partial charge is 0.155 e. The molecular formula is C13H7Cl5O3. The summed E-state index contributed by atoms with van der Waals surface area (Å²) in [4.78, 5) is 10.1. The van der Waals surface area contributed by atoms with Crippen molar-refractivity contribution in [3.63, 3.8) is 0 Å². The van der Waals surface area contributed by atoms with Crippen molar-refractivity contribution in [1.29, 1.82) is 0 Å². The second kappa shape index (κ2) is 7.97. The first-order valence-electron chi connectivity index (χ1n) is 5.24. The fourth-order valence-electron chi connectivity index (χ4n) is 1.18. The summed E-state index contributed by atoms with van der Waals surface area (Å²) >= 11 is 27.9. The van der Waals surface area contributed by atoms with Crippen molar-refractivity contribution < 1.29 is 15.0 Å². The third-order valence-electron chi connectivity index (χ3n) is 2.25. The zero-order valence-corrected chi connectivity index (χ0v) is 13.9. The van der Waals surface area contributed by atoms with E-state index in [0.29, 0.717) is 11.8 Å². The Morgan fingerprint density at radius 1 is 0.762 bits per heavy atom. The van der Waals surface area contributed by atoms with Gasteiger partial charge < -0.3 is 10.2 Å². The summed E-state index contributed by atoms with van der Waals surface area (Å²) in [5.41, 5.74) is 0.331. The summed E-state index contributed by atoms with van der Waals surface area (Å²) in [5, 5.41) is 17.9. The molecule has 0 aliphatic heterocycles. The molecule has 2 N–H and O–H groups in total. The van der Waals surface area contributed by atoms with Crippen molar-refractivity contribution in [2.45, 2.75) is 0 Å². The number of para-hydroxylation sites is 1. The third kappa shape index (κ3) is 4.31. The molecule has 2 aromatic rings. The minimum atomic E-state index is -0.363. The van der Waals surface area contributed by atoms with Crippen LogP contribution < -0.4 is 0 Å². The zero-order valence-electron chi connectivity index (χ0n) is 10.1. The van der Waals surface area contributed by atoms with Gasteiger partial charge in [-0.1, -0.05) is 70.1 Å². The number of hydrogen-bond donors (Lipinski definition) is 2. The van der Waals surface area contributed by atoms with E-state index in [0.717, 1.165) is 0 Å². The molecule has 21 heavy (non-hydrogen) atoms. The Balaban J connectivity index is 0.000000219. The van der Waals surface area contributed by atoms with Gasteiger partial charge in [-0.15, -0.1) is 0 Å². The van der Waals surface area contributed by atoms with Crippen molar-refractivity contribution in [3.8, 4) is 11.5 Å². The highest BCUT2D eigenvalue weighted by Gasteiger charge is 2.18. The summed E-state index contributed by atoms with van der Waals surface area (Å²) in [5.74, 6) is -0.328. The largest absolute Gasteiger partial charge is 0.507 e. The molecule has 0 aliphatic rings. The lowest BCUT2D eigenvalue weighted by Crippen LogP contribution is -1.78. The molecule has 2 rings (SSSR count). The first-order valence-corrected chi connectivity index (χ1v) is 7.13. The van der Waals surface area contributed by atoms with E-state index in [-0.39, 0.29) is 36.6 Å². The molecule has 0 amide bonds.